The molecular formula is C28H49N3O5SSi2. The van der Waals surface area contributed by atoms with Crippen LogP contribution in [0.25, 0.3) is 0 Å². The molecule has 3 N–H and O–H groups in total. The highest BCUT2D eigenvalue weighted by Crippen LogP contribution is 2.38. The topological polar surface area (TPSA) is 123 Å². The van der Waals surface area contributed by atoms with Crippen molar-refractivity contribution in [3.63, 3.8) is 0 Å². The van der Waals surface area contributed by atoms with Crippen LogP contribution in [0.1, 0.15) is 75.3 Å². The van der Waals surface area contributed by atoms with Crippen molar-refractivity contribution in [1.29, 1.82) is 0 Å². The summed E-state index contributed by atoms with van der Waals surface area (Å²) in [5.41, 5.74) is 7.20. The van der Waals surface area contributed by atoms with Gasteiger partial charge in [-0.05, 0) is 57.3 Å². The van der Waals surface area contributed by atoms with E-state index in [0.29, 0.717) is 36.6 Å². The molecule has 0 spiro atoms. The van der Waals surface area contributed by atoms with Gasteiger partial charge in [0.25, 0.3) is 5.91 Å². The van der Waals surface area contributed by atoms with Crippen LogP contribution in [0.2, 0.25) is 37.8 Å². The Bertz CT molecular complexity index is 1070. The largest absolute Gasteiger partial charge is 0.480 e. The second kappa shape index (κ2) is 13.3. The Morgan fingerprint density at radius 3 is 2.41 bits per heavy atom. The summed E-state index contributed by atoms with van der Waals surface area (Å²) < 4.78 is 7.58. The molecule has 1 amide bonds. The molecule has 0 bridgehead atoms. The van der Waals surface area contributed by atoms with Gasteiger partial charge < -0.3 is 20.2 Å². The number of rotatable bonds is 13. The molecule has 0 aliphatic carbocycles. The summed E-state index contributed by atoms with van der Waals surface area (Å²) in [5.74, 6) is -1.30. The van der Waals surface area contributed by atoms with Gasteiger partial charge in [-0.2, -0.15) is 0 Å². The van der Waals surface area contributed by atoms with Crippen LogP contribution >= 0.6 is 11.3 Å². The maximum Gasteiger partial charge on any atom is 0.326 e. The van der Waals surface area contributed by atoms with E-state index in [1.54, 1.807) is 0 Å². The summed E-state index contributed by atoms with van der Waals surface area (Å²) in [6.45, 7) is 20.4. The molecule has 0 unspecified atom stereocenters. The molecule has 8 nitrogen and oxygen atoms in total. The van der Waals surface area contributed by atoms with Crippen molar-refractivity contribution >= 4 is 49.9 Å². The van der Waals surface area contributed by atoms with Crippen LogP contribution < -0.4 is 10.2 Å². The van der Waals surface area contributed by atoms with E-state index < -0.39 is 28.4 Å². The Morgan fingerprint density at radius 1 is 1.23 bits per heavy atom. The molecule has 220 valence electrons. The molecule has 1 aliphatic rings. The van der Waals surface area contributed by atoms with Gasteiger partial charge in [0, 0.05) is 17.5 Å². The fraction of sp³-hybridized carbons (Fsp3) is 0.714. The Kier molecular flexibility index (Phi) is 11.5. The Hall–Kier alpha value is -1.67. The van der Waals surface area contributed by atoms with Crippen LogP contribution in [-0.2, 0) is 20.4 Å². The van der Waals surface area contributed by atoms with Crippen molar-refractivity contribution in [1.82, 2.24) is 9.88 Å². The SMILES string of the molecule is C/C(=C\[C@H](CC(=O)Cc1nc(C(=O)N2CCC[C@@H]2C(=O)O)c([Si](C)(C)C)s1)O[Si](C)(C)C(C)(C)C)CCCN. The highest BCUT2D eigenvalue weighted by molar-refractivity contribution is 7.26. The van der Waals surface area contributed by atoms with Crippen molar-refractivity contribution in [3.05, 3.63) is 22.4 Å². The summed E-state index contributed by atoms with van der Waals surface area (Å²) >= 11 is 1.43. The second-order valence-electron chi connectivity index (χ2n) is 13.3. The van der Waals surface area contributed by atoms with E-state index in [4.69, 9.17) is 10.2 Å². The lowest BCUT2D eigenvalue weighted by Crippen LogP contribution is -2.45. The zero-order valence-electron chi connectivity index (χ0n) is 25.3. The van der Waals surface area contributed by atoms with E-state index in [0.717, 1.165) is 17.3 Å². The molecule has 2 atom stereocenters. The monoisotopic (exact) mass is 595 g/mol. The third kappa shape index (κ3) is 9.17. The number of carboxylic acid groups (broad SMARTS) is 1. The van der Waals surface area contributed by atoms with Crippen LogP contribution in [0, 0.1) is 0 Å². The van der Waals surface area contributed by atoms with Crippen LogP contribution in [0.4, 0.5) is 0 Å². The van der Waals surface area contributed by atoms with Crippen molar-refractivity contribution in [3.8, 4) is 0 Å². The molecule has 0 saturated carbocycles. The quantitative estimate of drug-likeness (QED) is 0.244. The van der Waals surface area contributed by atoms with Crippen molar-refractivity contribution in [2.75, 3.05) is 13.1 Å². The number of carboxylic acids is 1. The van der Waals surface area contributed by atoms with Gasteiger partial charge in [0.05, 0.1) is 20.6 Å². The minimum atomic E-state index is -2.13. The van der Waals surface area contributed by atoms with E-state index in [1.807, 2.05) is 0 Å². The van der Waals surface area contributed by atoms with Crippen LogP contribution in [0.5, 0.6) is 0 Å². The van der Waals surface area contributed by atoms with Gasteiger partial charge in [0.1, 0.15) is 22.5 Å². The number of amides is 1. The fourth-order valence-electron chi connectivity index (χ4n) is 4.43. The van der Waals surface area contributed by atoms with Crippen LogP contribution in [-0.4, -0.2) is 74.3 Å². The lowest BCUT2D eigenvalue weighted by Gasteiger charge is -2.38. The molecule has 0 aromatic carbocycles. The predicted octanol–water partition coefficient (Wildman–Crippen LogP) is 4.95. The Balaban J connectivity index is 2.30. The molecule has 11 heteroatoms. The maximum atomic E-state index is 13.5. The highest BCUT2D eigenvalue weighted by Gasteiger charge is 2.40. The lowest BCUT2D eigenvalue weighted by molar-refractivity contribution is -0.141. The number of aromatic nitrogens is 1. The molecule has 1 aromatic rings. The number of aliphatic carboxylic acids is 1. The van der Waals surface area contributed by atoms with Crippen molar-refractivity contribution < 1.29 is 23.9 Å². The third-order valence-corrected chi connectivity index (χ3v) is 16.7. The summed E-state index contributed by atoms with van der Waals surface area (Å²) in [6, 6.07) is -0.818. The number of nitrogens with zero attached hydrogens (tertiary/aromatic N) is 2. The highest BCUT2D eigenvalue weighted by atomic mass is 32.1. The van der Waals surface area contributed by atoms with Crippen molar-refractivity contribution in [2.45, 2.75) is 116 Å². The molecule has 2 heterocycles. The van der Waals surface area contributed by atoms with Gasteiger partial charge in [0.15, 0.2) is 8.32 Å². The normalized spacial score (nSPS) is 17.9. The zero-order valence-corrected chi connectivity index (χ0v) is 28.2. The van der Waals surface area contributed by atoms with E-state index >= 15 is 0 Å². The number of ketones is 1. The Labute approximate surface area is 240 Å². The number of hydrogen-bond acceptors (Lipinski definition) is 7. The first-order valence-electron chi connectivity index (χ1n) is 14.0. The number of hydrogen-bond donors (Lipinski definition) is 2. The number of likely N-dealkylation sites (tertiary alicyclic amines) is 1. The molecule has 0 radical (unpaired) electrons. The number of allylic oxidation sites excluding steroid dienone is 1. The average Bonchev–Trinajstić information content (AvgIpc) is 3.43. The summed E-state index contributed by atoms with van der Waals surface area (Å²) in [7, 11) is -4.11. The second-order valence-corrected chi connectivity index (χ2v) is 24.5. The summed E-state index contributed by atoms with van der Waals surface area (Å²) in [5, 5.41) is 10.2. The van der Waals surface area contributed by atoms with Gasteiger partial charge in [-0.25, -0.2) is 9.78 Å². The van der Waals surface area contributed by atoms with E-state index in [9.17, 15) is 19.5 Å². The summed E-state index contributed by atoms with van der Waals surface area (Å²) in [4.78, 5) is 44.7. The minimum absolute atomic E-state index is 0.00743. The van der Waals surface area contributed by atoms with E-state index in [2.05, 4.69) is 71.5 Å². The predicted molar refractivity (Wildman–Crippen MR) is 164 cm³/mol. The number of thiazole rings is 1. The van der Waals surface area contributed by atoms with Gasteiger partial charge in [-0.3, -0.25) is 9.59 Å². The average molecular weight is 596 g/mol. The first-order chi connectivity index (χ1) is 17.9. The number of nitrogens with two attached hydrogens (primary N) is 1. The van der Waals surface area contributed by atoms with Gasteiger partial charge in [-0.15, -0.1) is 11.3 Å². The maximum absolute atomic E-state index is 13.5. The number of carbonyl (C=O) groups is 3. The molecule has 39 heavy (non-hydrogen) atoms. The van der Waals surface area contributed by atoms with Crippen molar-refractivity contribution in [2.24, 2.45) is 5.73 Å². The third-order valence-electron chi connectivity index (χ3n) is 7.63. The number of carbonyl (C=O) groups excluding carboxylic acids is 2. The Morgan fingerprint density at radius 2 is 1.87 bits per heavy atom. The van der Waals surface area contributed by atoms with Crippen LogP contribution in [0.3, 0.4) is 0 Å². The smallest absolute Gasteiger partial charge is 0.326 e. The first-order valence-corrected chi connectivity index (χ1v) is 21.2. The minimum Gasteiger partial charge on any atom is -0.480 e. The summed E-state index contributed by atoms with van der Waals surface area (Å²) in [6.07, 6.45) is 5.00. The van der Waals surface area contributed by atoms with E-state index in [-0.39, 0.29) is 35.7 Å². The van der Waals surface area contributed by atoms with Gasteiger partial charge in [0.2, 0.25) is 0 Å². The molecule has 1 aromatic heterocycles. The molecule has 1 fully saturated rings. The first kappa shape index (κ1) is 33.5. The molecule has 1 aliphatic heterocycles. The number of Topliss-reactive ketones (excluding diaryl/α,β-unsaturated/α-hetero) is 1. The standard InChI is InChI=1S/C28H49N3O5SSi2/c1-19(12-10-14-29)16-21(36-39(8,9)28(2,3)4)17-20(32)18-23-30-24(27(37-23)38(5,6)7)25(33)31-15-11-13-22(31)26(34)35/h16,21-22H,10-15,17-18,29H2,1-9H3,(H,34,35)/b19-16+/t21-,22-/m1/s1. The molecule has 1 saturated heterocycles. The van der Waals surface area contributed by atoms with Crippen LogP contribution in [0.15, 0.2) is 11.6 Å². The van der Waals surface area contributed by atoms with Gasteiger partial charge >= 0.3 is 5.97 Å². The molecule has 2 rings (SSSR count). The lowest BCUT2D eigenvalue weighted by atomic mass is 10.1. The van der Waals surface area contributed by atoms with E-state index in [1.165, 1.54) is 21.8 Å². The zero-order chi connectivity index (χ0) is 29.8. The molecular weight excluding hydrogens is 547 g/mol. The fourth-order valence-corrected chi connectivity index (χ4v) is 8.98. The van der Waals surface area contributed by atoms with Gasteiger partial charge in [-0.1, -0.05) is 52.1 Å².